The lowest BCUT2D eigenvalue weighted by Gasteiger charge is -2.13. The van der Waals surface area contributed by atoms with Crippen LogP contribution in [0.2, 0.25) is 0 Å². The van der Waals surface area contributed by atoms with E-state index in [4.69, 9.17) is 0 Å². The highest BCUT2D eigenvalue weighted by Crippen LogP contribution is 2.20. The maximum atomic E-state index is 10.5. The zero-order chi connectivity index (χ0) is 14.7. The molecule has 0 saturated heterocycles. The van der Waals surface area contributed by atoms with Crippen molar-refractivity contribution >= 4 is 0 Å². The van der Waals surface area contributed by atoms with Gasteiger partial charge in [-0.2, -0.15) is 5.10 Å². The highest BCUT2D eigenvalue weighted by Gasteiger charge is 2.14. The molecule has 0 radical (unpaired) electrons. The molecule has 2 aromatic heterocycles. The Morgan fingerprint density at radius 3 is 2.35 bits per heavy atom. The average molecular weight is 273 g/mol. The lowest BCUT2D eigenvalue weighted by molar-refractivity contribution is 0.175. The van der Waals surface area contributed by atoms with Crippen molar-refractivity contribution in [1.29, 1.82) is 0 Å². The Morgan fingerprint density at radius 2 is 1.80 bits per heavy atom. The van der Waals surface area contributed by atoms with Crippen LogP contribution in [-0.2, 0) is 19.4 Å². The monoisotopic (exact) mass is 273 g/mol. The molecule has 108 valence electrons. The van der Waals surface area contributed by atoms with Crippen molar-refractivity contribution in [2.24, 2.45) is 0 Å². The van der Waals surface area contributed by atoms with Gasteiger partial charge in [-0.3, -0.25) is 9.67 Å². The molecule has 0 fully saturated rings. The number of hydrogen-bond acceptors (Lipinski definition) is 3. The Balaban J connectivity index is 2.22. The third-order valence-corrected chi connectivity index (χ3v) is 3.47. The summed E-state index contributed by atoms with van der Waals surface area (Å²) in [6, 6.07) is 5.99. The van der Waals surface area contributed by atoms with Gasteiger partial charge < -0.3 is 5.11 Å². The molecule has 1 atom stereocenters. The molecule has 2 rings (SSSR count). The number of nitrogens with zero attached hydrogens (tertiary/aromatic N) is 3. The molecule has 0 aromatic carbocycles. The second-order valence-corrected chi connectivity index (χ2v) is 5.20. The van der Waals surface area contributed by atoms with Gasteiger partial charge in [-0.1, -0.05) is 6.92 Å². The van der Waals surface area contributed by atoms with Gasteiger partial charge in [-0.25, -0.2) is 0 Å². The third kappa shape index (κ3) is 3.25. The number of rotatable bonds is 5. The summed E-state index contributed by atoms with van der Waals surface area (Å²) < 4.78 is 1.98. The minimum atomic E-state index is -0.512. The molecule has 2 aromatic rings. The molecule has 0 aliphatic heterocycles. The van der Waals surface area contributed by atoms with Gasteiger partial charge in [0.05, 0.1) is 11.8 Å². The lowest BCUT2D eigenvalue weighted by atomic mass is 10.0. The minimum absolute atomic E-state index is 0.512. The van der Waals surface area contributed by atoms with Crippen molar-refractivity contribution in [3.8, 4) is 0 Å². The highest BCUT2D eigenvalue weighted by atomic mass is 16.3. The summed E-state index contributed by atoms with van der Waals surface area (Å²) in [6.07, 6.45) is 0.995. The first-order valence-corrected chi connectivity index (χ1v) is 7.22. The summed E-state index contributed by atoms with van der Waals surface area (Å²) in [6.45, 7) is 8.90. The predicted molar refractivity (Wildman–Crippen MR) is 79.7 cm³/mol. The van der Waals surface area contributed by atoms with Gasteiger partial charge in [0.2, 0.25) is 0 Å². The molecule has 0 bridgehead atoms. The van der Waals surface area contributed by atoms with Crippen LogP contribution in [0.25, 0.3) is 0 Å². The van der Waals surface area contributed by atoms with E-state index in [1.165, 1.54) is 0 Å². The molecule has 20 heavy (non-hydrogen) atoms. The maximum absolute atomic E-state index is 10.5. The maximum Gasteiger partial charge on any atom is 0.0846 e. The van der Waals surface area contributed by atoms with Gasteiger partial charge in [0.1, 0.15) is 0 Å². The zero-order valence-electron chi connectivity index (χ0n) is 12.7. The van der Waals surface area contributed by atoms with Gasteiger partial charge in [0.15, 0.2) is 0 Å². The molecule has 1 unspecified atom stereocenters. The van der Waals surface area contributed by atoms with E-state index >= 15 is 0 Å². The van der Waals surface area contributed by atoms with Crippen molar-refractivity contribution in [2.75, 3.05) is 0 Å². The standard InChI is InChI=1S/C16H23N3O/c1-5-14-9-15(19(6-2)18-14)10-16(20)13-7-11(3)17-12(4)8-13/h7-9,16,20H,5-6,10H2,1-4H3. The van der Waals surface area contributed by atoms with Crippen molar-refractivity contribution in [3.05, 3.63) is 46.5 Å². The molecule has 1 N–H and O–H groups in total. The molecule has 4 nitrogen and oxygen atoms in total. The van der Waals surface area contributed by atoms with Crippen LogP contribution in [0.3, 0.4) is 0 Å². The Morgan fingerprint density at radius 1 is 1.15 bits per heavy atom. The van der Waals surface area contributed by atoms with Crippen molar-refractivity contribution in [3.63, 3.8) is 0 Å². The Labute approximate surface area is 120 Å². The number of aliphatic hydroxyl groups excluding tert-OH is 1. The molecule has 0 aliphatic carbocycles. The quantitative estimate of drug-likeness (QED) is 0.911. The predicted octanol–water partition coefficient (Wildman–Crippen LogP) is 2.75. The largest absolute Gasteiger partial charge is 0.388 e. The SMILES string of the molecule is CCc1cc(CC(O)c2cc(C)nc(C)c2)n(CC)n1. The summed E-state index contributed by atoms with van der Waals surface area (Å²) >= 11 is 0. The summed E-state index contributed by atoms with van der Waals surface area (Å²) in [5.41, 5.74) is 4.98. The van der Waals surface area contributed by atoms with E-state index in [1.807, 2.05) is 30.7 Å². The van der Waals surface area contributed by atoms with Gasteiger partial charge in [-0.15, -0.1) is 0 Å². The van der Waals surface area contributed by atoms with E-state index < -0.39 is 6.10 Å². The fourth-order valence-electron chi connectivity index (χ4n) is 2.50. The van der Waals surface area contributed by atoms with Crippen LogP contribution in [0.1, 0.15) is 48.3 Å². The van der Waals surface area contributed by atoms with Crippen LogP contribution in [0.15, 0.2) is 18.2 Å². The van der Waals surface area contributed by atoms with Crippen LogP contribution >= 0.6 is 0 Å². The van der Waals surface area contributed by atoms with Crippen LogP contribution in [-0.4, -0.2) is 19.9 Å². The Kier molecular flexibility index (Phi) is 4.55. The number of aryl methyl sites for hydroxylation is 4. The first-order valence-electron chi connectivity index (χ1n) is 7.22. The summed E-state index contributed by atoms with van der Waals surface area (Å²) in [5.74, 6) is 0. The second kappa shape index (κ2) is 6.18. The number of pyridine rings is 1. The Bertz CT molecular complexity index is 569. The zero-order valence-corrected chi connectivity index (χ0v) is 12.7. The molecule has 0 amide bonds. The van der Waals surface area contributed by atoms with Crippen LogP contribution in [0.4, 0.5) is 0 Å². The highest BCUT2D eigenvalue weighted by molar-refractivity contribution is 5.24. The average Bonchev–Trinajstić information content (AvgIpc) is 2.79. The van der Waals surface area contributed by atoms with Crippen molar-refractivity contribution < 1.29 is 5.11 Å². The fraction of sp³-hybridized carbons (Fsp3) is 0.500. The fourth-order valence-corrected chi connectivity index (χ4v) is 2.50. The van der Waals surface area contributed by atoms with E-state index in [1.54, 1.807) is 0 Å². The molecule has 0 spiro atoms. The van der Waals surface area contributed by atoms with Gasteiger partial charge >= 0.3 is 0 Å². The van der Waals surface area contributed by atoms with E-state index in [2.05, 4.69) is 30.0 Å². The number of hydrogen-bond donors (Lipinski definition) is 1. The summed E-state index contributed by atoms with van der Waals surface area (Å²) in [5, 5.41) is 15.0. The van der Waals surface area contributed by atoms with Crippen LogP contribution < -0.4 is 0 Å². The first-order chi connectivity index (χ1) is 9.53. The molecule has 0 saturated carbocycles. The van der Waals surface area contributed by atoms with Gasteiger partial charge in [0.25, 0.3) is 0 Å². The van der Waals surface area contributed by atoms with Crippen molar-refractivity contribution in [1.82, 2.24) is 14.8 Å². The number of aromatic nitrogens is 3. The third-order valence-electron chi connectivity index (χ3n) is 3.47. The topological polar surface area (TPSA) is 50.9 Å². The Hall–Kier alpha value is -1.68. The molecule has 2 heterocycles. The van der Waals surface area contributed by atoms with Crippen LogP contribution in [0, 0.1) is 13.8 Å². The van der Waals surface area contributed by atoms with Gasteiger partial charge in [-0.05, 0) is 51.0 Å². The van der Waals surface area contributed by atoms with Crippen LogP contribution in [0.5, 0.6) is 0 Å². The molecule has 0 aliphatic rings. The molecular weight excluding hydrogens is 250 g/mol. The molecule has 4 heteroatoms. The van der Waals surface area contributed by atoms with Gasteiger partial charge in [0, 0.05) is 30.0 Å². The van der Waals surface area contributed by atoms with E-state index in [0.29, 0.717) is 6.42 Å². The van der Waals surface area contributed by atoms with E-state index in [-0.39, 0.29) is 0 Å². The minimum Gasteiger partial charge on any atom is -0.388 e. The first kappa shape index (κ1) is 14.7. The number of aliphatic hydroxyl groups is 1. The normalized spacial score (nSPS) is 12.7. The summed E-state index contributed by atoms with van der Waals surface area (Å²) in [4.78, 5) is 4.35. The summed E-state index contributed by atoms with van der Waals surface area (Å²) in [7, 11) is 0. The van der Waals surface area contributed by atoms with E-state index in [9.17, 15) is 5.11 Å². The smallest absolute Gasteiger partial charge is 0.0846 e. The molecular formula is C16H23N3O. The second-order valence-electron chi connectivity index (χ2n) is 5.20. The lowest BCUT2D eigenvalue weighted by Crippen LogP contribution is -2.09. The van der Waals surface area contributed by atoms with Crippen molar-refractivity contribution in [2.45, 2.75) is 53.2 Å². The van der Waals surface area contributed by atoms with E-state index in [0.717, 1.165) is 41.3 Å².